The molecule has 0 saturated heterocycles. The molecule has 0 radical (unpaired) electrons. The number of esters is 2. The molecule has 0 spiro atoms. The molecule has 0 saturated carbocycles. The molecule has 8 nitrogen and oxygen atoms in total. The number of carbonyl (C=O) groups is 4. The number of carboxylic acids is 2. The van der Waals surface area contributed by atoms with Crippen molar-refractivity contribution >= 4 is 53.4 Å². The Balaban J connectivity index is -0.000000851. The van der Waals surface area contributed by atoms with Gasteiger partial charge < -0.3 is 19.7 Å². The number of hydrogen-bond acceptors (Lipinski definition) is 6. The van der Waals surface area contributed by atoms with E-state index in [2.05, 4.69) is 13.8 Å². The van der Waals surface area contributed by atoms with Gasteiger partial charge in [0.1, 0.15) is 0 Å². The van der Waals surface area contributed by atoms with Gasteiger partial charge in [-0.15, -0.1) is 0 Å². The number of rotatable bonds is 16. The fraction of sp³-hybridized carbons (Fsp3) is 0.667. The molecular formula is C24H41NaO8. The summed E-state index contributed by atoms with van der Waals surface area (Å²) < 4.78 is 10.5. The van der Waals surface area contributed by atoms with Crippen LogP contribution in [0.2, 0.25) is 0 Å². The molecule has 0 bridgehead atoms. The summed E-state index contributed by atoms with van der Waals surface area (Å²) in [5.74, 6) is -3.48. The van der Waals surface area contributed by atoms with Gasteiger partial charge in [0.05, 0.1) is 12.2 Å². The van der Waals surface area contributed by atoms with E-state index in [9.17, 15) is 19.2 Å². The third kappa shape index (κ3) is 30.4. The van der Waals surface area contributed by atoms with Gasteiger partial charge in [-0.1, -0.05) is 52.4 Å². The van der Waals surface area contributed by atoms with Gasteiger partial charge in [0.2, 0.25) is 0 Å². The molecule has 0 rings (SSSR count). The van der Waals surface area contributed by atoms with E-state index in [-0.39, 0.29) is 41.8 Å². The zero-order valence-electron chi connectivity index (χ0n) is 19.9. The SMILES string of the molecule is CCCCCCC(C)OC(=O)/C=C\C(=O)OC(C)CCCCCC.O=C(O)/C=C\C(=O)O.[NaH]. The number of carboxylic acid groups (broad SMARTS) is 2. The second-order valence-corrected chi connectivity index (χ2v) is 7.54. The minimum atomic E-state index is -1.26. The van der Waals surface area contributed by atoms with Crippen molar-refractivity contribution in [3.05, 3.63) is 24.3 Å². The van der Waals surface area contributed by atoms with Crippen LogP contribution in [0.5, 0.6) is 0 Å². The molecule has 9 heteroatoms. The molecular weight excluding hydrogens is 439 g/mol. The van der Waals surface area contributed by atoms with Gasteiger partial charge in [-0.3, -0.25) is 0 Å². The van der Waals surface area contributed by atoms with E-state index in [0.717, 1.165) is 50.7 Å². The van der Waals surface area contributed by atoms with Crippen molar-refractivity contribution < 1.29 is 38.9 Å². The molecule has 0 aliphatic carbocycles. The van der Waals surface area contributed by atoms with Crippen molar-refractivity contribution in [3.63, 3.8) is 0 Å². The normalized spacial score (nSPS) is 12.2. The average molecular weight is 481 g/mol. The van der Waals surface area contributed by atoms with Crippen LogP contribution in [-0.2, 0) is 28.7 Å². The molecule has 0 aromatic heterocycles. The van der Waals surface area contributed by atoms with E-state index in [1.165, 1.54) is 25.7 Å². The van der Waals surface area contributed by atoms with Gasteiger partial charge in [-0.05, 0) is 39.5 Å². The fourth-order valence-corrected chi connectivity index (χ4v) is 2.59. The van der Waals surface area contributed by atoms with E-state index >= 15 is 0 Å². The maximum absolute atomic E-state index is 11.7. The molecule has 2 atom stereocenters. The standard InChI is InChI=1S/C20H36O4.C4H4O4.Na.H/c1-5-7-9-11-13-17(3)23-19(21)15-16-20(22)24-18(4)14-12-10-8-6-2;5-3(6)1-2-4(7)8;;/h15-18H,5-14H2,1-4H3;1-2H,(H,5,6)(H,7,8);;/b16-15-;2-1-;;. The predicted molar refractivity (Wildman–Crippen MR) is 129 cm³/mol. The Morgan fingerprint density at radius 3 is 1.24 bits per heavy atom. The van der Waals surface area contributed by atoms with E-state index < -0.39 is 23.9 Å². The van der Waals surface area contributed by atoms with Gasteiger partial charge in [0.25, 0.3) is 0 Å². The van der Waals surface area contributed by atoms with Gasteiger partial charge in [0, 0.05) is 24.3 Å². The molecule has 0 aliphatic rings. The first kappa shape index (κ1) is 35.9. The van der Waals surface area contributed by atoms with Crippen LogP contribution in [0, 0.1) is 0 Å². The van der Waals surface area contributed by atoms with Crippen molar-refractivity contribution in [2.45, 2.75) is 104 Å². The quantitative estimate of drug-likeness (QED) is 0.144. The monoisotopic (exact) mass is 480 g/mol. The Kier molecular flexibility index (Phi) is 27.2. The van der Waals surface area contributed by atoms with Crippen LogP contribution in [-0.4, -0.2) is 75.9 Å². The summed E-state index contributed by atoms with van der Waals surface area (Å²) >= 11 is 0. The summed E-state index contributed by atoms with van der Waals surface area (Å²) in [7, 11) is 0. The Bertz CT molecular complexity index is 551. The minimum absolute atomic E-state index is 0. The topological polar surface area (TPSA) is 127 Å². The average Bonchev–Trinajstić information content (AvgIpc) is 2.72. The second-order valence-electron chi connectivity index (χ2n) is 7.54. The summed E-state index contributed by atoms with van der Waals surface area (Å²) in [6.45, 7) is 8.10. The van der Waals surface area contributed by atoms with E-state index in [4.69, 9.17) is 19.7 Å². The van der Waals surface area contributed by atoms with Crippen LogP contribution in [0.15, 0.2) is 24.3 Å². The second kappa shape index (κ2) is 25.0. The maximum atomic E-state index is 11.7. The van der Waals surface area contributed by atoms with E-state index in [0.29, 0.717) is 12.2 Å². The molecule has 0 aromatic rings. The van der Waals surface area contributed by atoms with Crippen LogP contribution in [0.3, 0.4) is 0 Å². The van der Waals surface area contributed by atoms with E-state index in [1.807, 2.05) is 13.8 Å². The van der Waals surface area contributed by atoms with Crippen molar-refractivity contribution in [3.8, 4) is 0 Å². The van der Waals surface area contributed by atoms with Crippen LogP contribution in [0.4, 0.5) is 0 Å². The summed E-state index contributed by atoms with van der Waals surface area (Å²) in [6, 6.07) is 0. The Labute approximate surface area is 220 Å². The summed E-state index contributed by atoms with van der Waals surface area (Å²) in [6.07, 6.45) is 14.2. The van der Waals surface area contributed by atoms with Crippen LogP contribution < -0.4 is 0 Å². The third-order valence-corrected chi connectivity index (χ3v) is 4.29. The predicted octanol–water partition coefficient (Wildman–Crippen LogP) is 4.41. The molecule has 0 amide bonds. The molecule has 186 valence electrons. The number of hydrogen-bond donors (Lipinski definition) is 2. The van der Waals surface area contributed by atoms with Crippen LogP contribution in [0.1, 0.15) is 91.9 Å². The molecule has 33 heavy (non-hydrogen) atoms. The first-order valence-corrected chi connectivity index (χ1v) is 11.4. The van der Waals surface area contributed by atoms with Crippen molar-refractivity contribution in [1.82, 2.24) is 0 Å². The van der Waals surface area contributed by atoms with Gasteiger partial charge in [-0.2, -0.15) is 0 Å². The Morgan fingerprint density at radius 2 is 0.970 bits per heavy atom. The third-order valence-electron chi connectivity index (χ3n) is 4.29. The molecule has 2 unspecified atom stereocenters. The van der Waals surface area contributed by atoms with Crippen LogP contribution in [0.25, 0.3) is 0 Å². The molecule has 2 N–H and O–H groups in total. The molecule has 0 heterocycles. The van der Waals surface area contributed by atoms with Gasteiger partial charge >= 0.3 is 53.4 Å². The Hall–Kier alpha value is -1.64. The van der Waals surface area contributed by atoms with E-state index in [1.54, 1.807) is 0 Å². The van der Waals surface area contributed by atoms with Crippen LogP contribution >= 0.6 is 0 Å². The fourth-order valence-electron chi connectivity index (χ4n) is 2.59. The summed E-state index contributed by atoms with van der Waals surface area (Å²) in [5, 5.41) is 15.6. The number of unbranched alkanes of at least 4 members (excludes halogenated alkanes) is 6. The van der Waals surface area contributed by atoms with Crippen molar-refractivity contribution in [2.75, 3.05) is 0 Å². The van der Waals surface area contributed by atoms with Crippen molar-refractivity contribution in [1.29, 1.82) is 0 Å². The van der Waals surface area contributed by atoms with Crippen molar-refractivity contribution in [2.24, 2.45) is 0 Å². The summed E-state index contributed by atoms with van der Waals surface area (Å²) in [5.41, 5.74) is 0. The van der Waals surface area contributed by atoms with Gasteiger partial charge in [-0.25, -0.2) is 19.2 Å². The Morgan fingerprint density at radius 1 is 0.636 bits per heavy atom. The molecule has 0 aromatic carbocycles. The molecule has 0 aliphatic heterocycles. The first-order valence-electron chi connectivity index (χ1n) is 11.4. The van der Waals surface area contributed by atoms with Gasteiger partial charge in [0.15, 0.2) is 0 Å². The molecule has 0 fully saturated rings. The number of carbonyl (C=O) groups excluding carboxylic acids is 2. The number of ether oxygens (including phenoxy) is 2. The summed E-state index contributed by atoms with van der Waals surface area (Å²) in [4.78, 5) is 42.4. The zero-order chi connectivity index (χ0) is 24.8. The number of aliphatic carboxylic acids is 2. The first-order chi connectivity index (χ1) is 15.1. The zero-order valence-corrected chi connectivity index (χ0v) is 19.9.